The van der Waals surface area contributed by atoms with Gasteiger partial charge >= 0.3 is 0 Å². The molecule has 0 aromatic heterocycles. The van der Waals surface area contributed by atoms with Gasteiger partial charge in [-0.15, -0.1) is 0 Å². The van der Waals surface area contributed by atoms with E-state index in [0.717, 1.165) is 38.8 Å². The van der Waals surface area contributed by atoms with Gasteiger partial charge in [0.25, 0.3) is 0 Å². The van der Waals surface area contributed by atoms with Crippen molar-refractivity contribution in [2.24, 2.45) is 11.7 Å². The van der Waals surface area contributed by atoms with Crippen LogP contribution in [0.2, 0.25) is 0 Å². The SMILES string of the molecule is CCCCCCCC(N)C(=O)CC1CCN(C)CC1. The molecule has 1 aliphatic heterocycles. The number of Topliss-reactive ketones (excluding diaryl/α,β-unsaturated/α-hetero) is 1. The van der Waals surface area contributed by atoms with Crippen molar-refractivity contribution in [3.63, 3.8) is 0 Å². The molecule has 1 fully saturated rings. The van der Waals surface area contributed by atoms with Crippen molar-refractivity contribution < 1.29 is 4.79 Å². The first-order valence-corrected chi connectivity index (χ1v) is 8.10. The van der Waals surface area contributed by atoms with E-state index in [1.165, 1.54) is 25.7 Å². The number of rotatable bonds is 9. The van der Waals surface area contributed by atoms with Gasteiger partial charge in [0.2, 0.25) is 0 Å². The largest absolute Gasteiger partial charge is 0.322 e. The van der Waals surface area contributed by atoms with Crippen molar-refractivity contribution >= 4 is 5.78 Å². The molecule has 2 N–H and O–H groups in total. The van der Waals surface area contributed by atoms with Crippen LogP contribution in [-0.2, 0) is 4.79 Å². The number of nitrogens with two attached hydrogens (primary N) is 1. The number of piperidine rings is 1. The van der Waals surface area contributed by atoms with Crippen LogP contribution in [0.5, 0.6) is 0 Å². The first kappa shape index (κ1) is 16.6. The molecule has 1 saturated heterocycles. The number of carbonyl (C=O) groups is 1. The predicted molar refractivity (Wildman–Crippen MR) is 81.2 cm³/mol. The highest BCUT2D eigenvalue weighted by Gasteiger charge is 2.22. The van der Waals surface area contributed by atoms with Gasteiger partial charge in [0, 0.05) is 6.42 Å². The summed E-state index contributed by atoms with van der Waals surface area (Å²) < 4.78 is 0. The van der Waals surface area contributed by atoms with Crippen molar-refractivity contribution in [2.45, 2.75) is 70.8 Å². The van der Waals surface area contributed by atoms with E-state index in [-0.39, 0.29) is 6.04 Å². The van der Waals surface area contributed by atoms with Gasteiger partial charge < -0.3 is 10.6 Å². The highest BCUT2D eigenvalue weighted by Crippen LogP contribution is 2.20. The number of carbonyl (C=O) groups excluding carboxylic acids is 1. The summed E-state index contributed by atoms with van der Waals surface area (Å²) >= 11 is 0. The molecule has 0 aromatic rings. The van der Waals surface area contributed by atoms with Gasteiger partial charge in [-0.25, -0.2) is 0 Å². The maximum absolute atomic E-state index is 12.1. The van der Waals surface area contributed by atoms with Gasteiger partial charge in [0.05, 0.1) is 6.04 Å². The monoisotopic (exact) mass is 268 g/mol. The molecule has 0 saturated carbocycles. The summed E-state index contributed by atoms with van der Waals surface area (Å²) in [6.07, 6.45) is 10.1. The third kappa shape index (κ3) is 7.07. The van der Waals surface area contributed by atoms with E-state index in [4.69, 9.17) is 5.73 Å². The van der Waals surface area contributed by atoms with Gasteiger partial charge in [-0.2, -0.15) is 0 Å². The molecular formula is C16H32N2O. The fourth-order valence-electron chi connectivity index (χ4n) is 2.83. The smallest absolute Gasteiger partial charge is 0.149 e. The molecule has 1 aliphatic rings. The highest BCUT2D eigenvalue weighted by atomic mass is 16.1. The normalized spacial score (nSPS) is 19.5. The number of nitrogens with zero attached hydrogens (tertiary/aromatic N) is 1. The van der Waals surface area contributed by atoms with Crippen molar-refractivity contribution in [3.8, 4) is 0 Å². The average Bonchev–Trinajstić information content (AvgIpc) is 2.41. The van der Waals surface area contributed by atoms with Crippen LogP contribution in [-0.4, -0.2) is 36.9 Å². The van der Waals surface area contributed by atoms with Gasteiger partial charge in [-0.3, -0.25) is 4.79 Å². The maximum atomic E-state index is 12.1. The Morgan fingerprint density at radius 1 is 1.21 bits per heavy atom. The zero-order valence-electron chi connectivity index (χ0n) is 12.9. The molecule has 1 heterocycles. The fraction of sp³-hybridized carbons (Fsp3) is 0.938. The molecule has 1 unspecified atom stereocenters. The summed E-state index contributed by atoms with van der Waals surface area (Å²) in [5.41, 5.74) is 6.02. The number of likely N-dealkylation sites (tertiary alicyclic amines) is 1. The summed E-state index contributed by atoms with van der Waals surface area (Å²) in [6.45, 7) is 4.48. The zero-order chi connectivity index (χ0) is 14.1. The van der Waals surface area contributed by atoms with Crippen LogP contribution in [0, 0.1) is 5.92 Å². The second-order valence-electron chi connectivity index (χ2n) is 6.23. The van der Waals surface area contributed by atoms with Crippen LogP contribution in [0.15, 0.2) is 0 Å². The van der Waals surface area contributed by atoms with E-state index in [1.54, 1.807) is 0 Å². The summed E-state index contributed by atoms with van der Waals surface area (Å²) in [6, 6.07) is -0.207. The first-order chi connectivity index (χ1) is 9.13. The predicted octanol–water partition coefficient (Wildman–Crippen LogP) is 2.98. The summed E-state index contributed by atoms with van der Waals surface area (Å²) in [5.74, 6) is 0.875. The lowest BCUT2D eigenvalue weighted by Crippen LogP contribution is -2.35. The lowest BCUT2D eigenvalue weighted by molar-refractivity contribution is -0.121. The number of hydrogen-bond donors (Lipinski definition) is 1. The number of unbranched alkanes of at least 4 members (excludes halogenated alkanes) is 4. The third-order valence-electron chi connectivity index (χ3n) is 4.36. The van der Waals surface area contributed by atoms with E-state index in [2.05, 4.69) is 18.9 Å². The Labute approximate surface area is 118 Å². The van der Waals surface area contributed by atoms with Crippen LogP contribution >= 0.6 is 0 Å². The molecular weight excluding hydrogens is 236 g/mol. The quantitative estimate of drug-likeness (QED) is 0.654. The van der Waals surface area contributed by atoms with Gasteiger partial charge in [0.1, 0.15) is 5.78 Å². The van der Waals surface area contributed by atoms with E-state index < -0.39 is 0 Å². The molecule has 0 aliphatic carbocycles. The minimum atomic E-state index is -0.207. The fourth-order valence-corrected chi connectivity index (χ4v) is 2.83. The molecule has 1 rings (SSSR count). The van der Waals surface area contributed by atoms with Crippen molar-refractivity contribution in [3.05, 3.63) is 0 Å². The minimum Gasteiger partial charge on any atom is -0.322 e. The van der Waals surface area contributed by atoms with E-state index >= 15 is 0 Å². The van der Waals surface area contributed by atoms with Gasteiger partial charge in [-0.05, 0) is 45.3 Å². The molecule has 19 heavy (non-hydrogen) atoms. The Morgan fingerprint density at radius 2 is 1.84 bits per heavy atom. The highest BCUT2D eigenvalue weighted by molar-refractivity contribution is 5.83. The van der Waals surface area contributed by atoms with Crippen molar-refractivity contribution in [1.29, 1.82) is 0 Å². The Bertz CT molecular complexity index is 247. The number of hydrogen-bond acceptors (Lipinski definition) is 3. The Hall–Kier alpha value is -0.410. The topological polar surface area (TPSA) is 46.3 Å². The molecule has 0 radical (unpaired) electrons. The summed E-state index contributed by atoms with van der Waals surface area (Å²) in [7, 11) is 2.15. The second kappa shape index (κ2) is 9.49. The lowest BCUT2D eigenvalue weighted by atomic mass is 9.89. The first-order valence-electron chi connectivity index (χ1n) is 8.10. The lowest BCUT2D eigenvalue weighted by Gasteiger charge is -2.29. The van der Waals surface area contributed by atoms with E-state index in [1.807, 2.05) is 0 Å². The van der Waals surface area contributed by atoms with Crippen LogP contribution in [0.1, 0.15) is 64.7 Å². The van der Waals surface area contributed by atoms with E-state index in [9.17, 15) is 4.79 Å². The van der Waals surface area contributed by atoms with Crippen molar-refractivity contribution in [1.82, 2.24) is 4.90 Å². The van der Waals surface area contributed by atoms with Gasteiger partial charge in [0.15, 0.2) is 0 Å². The molecule has 0 bridgehead atoms. The molecule has 3 nitrogen and oxygen atoms in total. The van der Waals surface area contributed by atoms with Crippen LogP contribution in [0.25, 0.3) is 0 Å². The van der Waals surface area contributed by atoms with Crippen LogP contribution in [0.4, 0.5) is 0 Å². The zero-order valence-corrected chi connectivity index (χ0v) is 12.9. The Kier molecular flexibility index (Phi) is 8.31. The second-order valence-corrected chi connectivity index (χ2v) is 6.23. The maximum Gasteiger partial charge on any atom is 0.149 e. The molecule has 0 spiro atoms. The summed E-state index contributed by atoms with van der Waals surface area (Å²) in [4.78, 5) is 14.4. The molecule has 3 heteroatoms. The standard InChI is InChI=1S/C16H32N2O/c1-3-4-5-6-7-8-15(17)16(19)13-14-9-11-18(2)12-10-14/h14-15H,3-13,17H2,1-2H3. The Balaban J connectivity index is 2.10. The minimum absolute atomic E-state index is 0.207. The summed E-state index contributed by atoms with van der Waals surface area (Å²) in [5, 5.41) is 0. The third-order valence-corrected chi connectivity index (χ3v) is 4.36. The van der Waals surface area contributed by atoms with E-state index in [0.29, 0.717) is 18.1 Å². The molecule has 0 aromatic carbocycles. The molecule has 112 valence electrons. The van der Waals surface area contributed by atoms with Crippen molar-refractivity contribution in [2.75, 3.05) is 20.1 Å². The van der Waals surface area contributed by atoms with Gasteiger partial charge in [-0.1, -0.05) is 39.0 Å². The molecule has 1 atom stereocenters. The number of ketones is 1. The van der Waals surface area contributed by atoms with Crippen LogP contribution in [0.3, 0.4) is 0 Å². The molecule has 0 amide bonds. The average molecular weight is 268 g/mol. The van der Waals surface area contributed by atoms with Crippen LogP contribution < -0.4 is 5.73 Å². The Morgan fingerprint density at radius 3 is 2.47 bits per heavy atom.